The summed E-state index contributed by atoms with van der Waals surface area (Å²) in [5.74, 6) is 0.283. The van der Waals surface area contributed by atoms with Gasteiger partial charge in [-0.25, -0.2) is 4.79 Å². The Morgan fingerprint density at radius 1 is 1.06 bits per heavy atom. The Balaban J connectivity index is 1.44. The summed E-state index contributed by atoms with van der Waals surface area (Å²) in [6, 6.07) is 12.5. The summed E-state index contributed by atoms with van der Waals surface area (Å²) < 4.78 is 11.1. The number of hydrogen-bond acceptors (Lipinski definition) is 5. The van der Waals surface area contributed by atoms with Crippen LogP contribution in [-0.2, 0) is 22.4 Å². The Morgan fingerprint density at radius 3 is 2.53 bits per heavy atom. The largest absolute Gasteiger partial charge is 0.490 e. The van der Waals surface area contributed by atoms with Crippen LogP contribution in [0.25, 0.3) is 0 Å². The summed E-state index contributed by atoms with van der Waals surface area (Å²) in [6.45, 7) is 4.32. The van der Waals surface area contributed by atoms with E-state index in [2.05, 4.69) is 10.6 Å². The van der Waals surface area contributed by atoms with Crippen molar-refractivity contribution >= 4 is 23.5 Å². The summed E-state index contributed by atoms with van der Waals surface area (Å²) in [6.07, 6.45) is 1.65. The number of fused-ring (bicyclic) bond motifs is 1. The molecule has 4 amide bonds. The van der Waals surface area contributed by atoms with E-state index in [1.807, 2.05) is 38.1 Å². The first-order valence-corrected chi connectivity index (χ1v) is 10.9. The van der Waals surface area contributed by atoms with Crippen LogP contribution in [-0.4, -0.2) is 48.0 Å². The molecule has 2 aliphatic rings. The van der Waals surface area contributed by atoms with E-state index >= 15 is 0 Å². The lowest BCUT2D eigenvalue weighted by molar-refractivity contribution is -0.134. The minimum Gasteiger partial charge on any atom is -0.490 e. The smallest absolute Gasteiger partial charge is 0.325 e. The van der Waals surface area contributed by atoms with Crippen LogP contribution in [0, 0.1) is 0 Å². The van der Waals surface area contributed by atoms with Gasteiger partial charge in [0.25, 0.3) is 5.91 Å². The van der Waals surface area contributed by atoms with Gasteiger partial charge in [0, 0.05) is 18.2 Å². The van der Waals surface area contributed by atoms with Crippen molar-refractivity contribution in [2.24, 2.45) is 0 Å². The van der Waals surface area contributed by atoms with Crippen LogP contribution in [0.1, 0.15) is 31.4 Å². The number of hydrogen-bond donors (Lipinski definition) is 2. The molecular formula is C24H27N3O5. The highest BCUT2D eigenvalue weighted by molar-refractivity contribution is 6.10. The van der Waals surface area contributed by atoms with E-state index in [9.17, 15) is 14.4 Å². The zero-order chi connectivity index (χ0) is 22.7. The molecule has 0 radical (unpaired) electrons. The van der Waals surface area contributed by atoms with E-state index in [-0.39, 0.29) is 12.5 Å². The lowest BCUT2D eigenvalue weighted by atomic mass is 9.78. The average molecular weight is 437 g/mol. The third-order valence-electron chi connectivity index (χ3n) is 5.81. The molecule has 4 rings (SSSR count). The lowest BCUT2D eigenvalue weighted by Gasteiger charge is -2.32. The highest BCUT2D eigenvalue weighted by Crippen LogP contribution is 2.34. The second kappa shape index (κ2) is 8.90. The first-order valence-electron chi connectivity index (χ1n) is 10.9. The summed E-state index contributed by atoms with van der Waals surface area (Å²) in [5.41, 5.74) is 1.76. The van der Waals surface area contributed by atoms with Crippen molar-refractivity contribution in [1.82, 2.24) is 10.2 Å². The molecule has 1 unspecified atom stereocenters. The molecular weight excluding hydrogens is 410 g/mol. The van der Waals surface area contributed by atoms with Gasteiger partial charge in [-0.15, -0.1) is 0 Å². The van der Waals surface area contributed by atoms with Crippen LogP contribution < -0.4 is 20.1 Å². The fourth-order valence-electron chi connectivity index (χ4n) is 4.32. The van der Waals surface area contributed by atoms with Crippen molar-refractivity contribution in [3.63, 3.8) is 0 Å². The number of rotatable bonds is 7. The Labute approximate surface area is 186 Å². The molecule has 1 aliphatic heterocycles. The maximum Gasteiger partial charge on any atom is 0.325 e. The van der Waals surface area contributed by atoms with E-state index in [1.54, 1.807) is 18.2 Å². The molecule has 32 heavy (non-hydrogen) atoms. The number of aryl methyl sites for hydroxylation is 1. The van der Waals surface area contributed by atoms with Crippen LogP contribution in [0.15, 0.2) is 42.5 Å². The Hall–Kier alpha value is -3.55. The first kappa shape index (κ1) is 21.7. The minimum atomic E-state index is -0.979. The molecule has 8 heteroatoms. The zero-order valence-electron chi connectivity index (χ0n) is 18.3. The molecule has 1 aliphatic carbocycles. The number of nitrogens with zero attached hydrogens (tertiary/aromatic N) is 1. The second-order valence-corrected chi connectivity index (χ2v) is 7.92. The first-order chi connectivity index (χ1) is 15.5. The van der Waals surface area contributed by atoms with E-state index in [4.69, 9.17) is 9.47 Å². The summed E-state index contributed by atoms with van der Waals surface area (Å²) >= 11 is 0. The third-order valence-corrected chi connectivity index (χ3v) is 5.81. The molecule has 1 heterocycles. The maximum atomic E-state index is 13.2. The van der Waals surface area contributed by atoms with Crippen molar-refractivity contribution in [1.29, 1.82) is 0 Å². The molecule has 1 saturated heterocycles. The predicted octanol–water partition coefficient (Wildman–Crippen LogP) is 2.90. The van der Waals surface area contributed by atoms with E-state index in [1.165, 1.54) is 5.56 Å². The van der Waals surface area contributed by atoms with Gasteiger partial charge >= 0.3 is 6.03 Å². The van der Waals surface area contributed by atoms with Crippen molar-refractivity contribution in [3.8, 4) is 11.5 Å². The molecule has 0 saturated carbocycles. The van der Waals surface area contributed by atoms with Gasteiger partial charge in [0.2, 0.25) is 5.91 Å². The standard InChI is InChI=1S/C24H27N3O5/c1-3-31-19-10-9-18(13-20(19)32-4-2)25-21(28)15-27-22(29)24(26-23(27)30)12-11-16-7-5-6-8-17(16)14-24/h5-10,13H,3-4,11-12,14-15H2,1-2H3,(H,25,28)(H,26,30). The summed E-state index contributed by atoms with van der Waals surface area (Å²) in [5, 5.41) is 5.58. The fourth-order valence-corrected chi connectivity index (χ4v) is 4.32. The third kappa shape index (κ3) is 4.12. The van der Waals surface area contributed by atoms with Gasteiger partial charge in [0.05, 0.1) is 13.2 Å². The van der Waals surface area contributed by atoms with Crippen molar-refractivity contribution in [2.75, 3.05) is 25.1 Å². The lowest BCUT2D eigenvalue weighted by Crippen LogP contribution is -2.51. The zero-order valence-corrected chi connectivity index (χ0v) is 18.3. The van der Waals surface area contributed by atoms with Gasteiger partial charge in [0.15, 0.2) is 11.5 Å². The predicted molar refractivity (Wildman–Crippen MR) is 119 cm³/mol. The highest BCUT2D eigenvalue weighted by Gasteiger charge is 2.52. The van der Waals surface area contributed by atoms with Gasteiger partial charge in [-0.3, -0.25) is 14.5 Å². The normalized spacial score (nSPS) is 19.5. The number of urea groups is 1. The number of imide groups is 1. The number of ether oxygens (including phenoxy) is 2. The van der Waals surface area contributed by atoms with Gasteiger partial charge in [0.1, 0.15) is 12.1 Å². The SMILES string of the molecule is CCOc1ccc(NC(=O)CN2C(=O)NC3(CCc4ccccc4C3)C2=O)cc1OCC. The van der Waals surface area contributed by atoms with Crippen molar-refractivity contribution in [2.45, 2.75) is 38.6 Å². The molecule has 2 aromatic carbocycles. The fraction of sp³-hybridized carbons (Fsp3) is 0.375. The van der Waals surface area contributed by atoms with Crippen molar-refractivity contribution < 1.29 is 23.9 Å². The van der Waals surface area contributed by atoms with Gasteiger partial charge in [-0.2, -0.15) is 0 Å². The van der Waals surface area contributed by atoms with Crippen LogP contribution in [0.3, 0.4) is 0 Å². The molecule has 1 fully saturated rings. The molecule has 1 atom stereocenters. The van der Waals surface area contributed by atoms with Crippen LogP contribution in [0.4, 0.5) is 10.5 Å². The number of anilines is 1. The average Bonchev–Trinajstić information content (AvgIpc) is 2.99. The van der Waals surface area contributed by atoms with Gasteiger partial charge < -0.3 is 20.1 Å². The number of benzene rings is 2. The Kier molecular flexibility index (Phi) is 6.03. The van der Waals surface area contributed by atoms with E-state index in [0.717, 1.165) is 10.5 Å². The van der Waals surface area contributed by atoms with E-state index < -0.39 is 17.5 Å². The molecule has 2 N–H and O–H groups in total. The minimum absolute atomic E-state index is 0.353. The molecule has 0 aromatic heterocycles. The quantitative estimate of drug-likeness (QED) is 0.650. The van der Waals surface area contributed by atoms with Crippen LogP contribution in [0.2, 0.25) is 0 Å². The maximum absolute atomic E-state index is 13.2. The molecule has 168 valence electrons. The summed E-state index contributed by atoms with van der Waals surface area (Å²) in [4.78, 5) is 39.4. The van der Waals surface area contributed by atoms with Gasteiger partial charge in [-0.1, -0.05) is 24.3 Å². The van der Waals surface area contributed by atoms with Gasteiger partial charge in [-0.05, 0) is 49.9 Å². The molecule has 8 nitrogen and oxygen atoms in total. The van der Waals surface area contributed by atoms with E-state index in [0.29, 0.717) is 49.7 Å². The van der Waals surface area contributed by atoms with Crippen LogP contribution in [0.5, 0.6) is 11.5 Å². The second-order valence-electron chi connectivity index (χ2n) is 7.92. The number of carbonyl (C=O) groups is 3. The highest BCUT2D eigenvalue weighted by atomic mass is 16.5. The Morgan fingerprint density at radius 2 is 1.78 bits per heavy atom. The molecule has 2 aromatic rings. The van der Waals surface area contributed by atoms with Crippen molar-refractivity contribution in [3.05, 3.63) is 53.6 Å². The number of amides is 4. The monoisotopic (exact) mass is 437 g/mol. The molecule has 1 spiro atoms. The Bertz CT molecular complexity index is 1050. The number of nitrogens with one attached hydrogen (secondary N) is 2. The summed E-state index contributed by atoms with van der Waals surface area (Å²) in [7, 11) is 0. The van der Waals surface area contributed by atoms with Crippen LogP contribution >= 0.6 is 0 Å². The molecule has 0 bridgehead atoms. The number of carbonyl (C=O) groups excluding carboxylic acids is 3. The topological polar surface area (TPSA) is 97.0 Å².